The summed E-state index contributed by atoms with van der Waals surface area (Å²) in [7, 11) is -2.42. The Labute approximate surface area is 178 Å². The monoisotopic (exact) mass is 463 g/mol. The summed E-state index contributed by atoms with van der Waals surface area (Å²) in [6, 6.07) is 4.05. The topological polar surface area (TPSA) is 96.0 Å². The normalized spacial score (nSPS) is 20.7. The molecule has 2 fully saturated rings. The summed E-state index contributed by atoms with van der Waals surface area (Å²) in [5.74, 6) is -2.22. The van der Waals surface area contributed by atoms with Gasteiger partial charge in [-0.2, -0.15) is 17.5 Å². The number of likely N-dealkylation sites (tertiary alicyclic amines) is 1. The minimum Gasteiger partial charge on any atom is -0.495 e. The second-order valence-corrected chi connectivity index (χ2v) is 9.54. The van der Waals surface area contributed by atoms with Crippen LogP contribution in [0.5, 0.6) is 5.75 Å². The van der Waals surface area contributed by atoms with Crippen molar-refractivity contribution in [1.82, 2.24) is 9.21 Å². The number of benzene rings is 1. The van der Waals surface area contributed by atoms with Crippen molar-refractivity contribution in [3.05, 3.63) is 18.2 Å². The second-order valence-electron chi connectivity index (χ2n) is 7.61. The summed E-state index contributed by atoms with van der Waals surface area (Å²) in [6.07, 6.45) is -2.41. The van der Waals surface area contributed by atoms with Gasteiger partial charge in [0, 0.05) is 26.1 Å². The van der Waals surface area contributed by atoms with E-state index in [0.717, 1.165) is 19.3 Å². The van der Waals surface area contributed by atoms with E-state index in [1.807, 2.05) is 0 Å². The van der Waals surface area contributed by atoms with Crippen LogP contribution in [0.25, 0.3) is 0 Å². The Hall–Kier alpha value is -2.34. The van der Waals surface area contributed by atoms with Crippen LogP contribution in [-0.2, 0) is 19.6 Å². The van der Waals surface area contributed by atoms with Crippen molar-refractivity contribution in [1.29, 1.82) is 0 Å². The third-order valence-corrected chi connectivity index (χ3v) is 7.23. The maximum absolute atomic E-state index is 12.9. The van der Waals surface area contributed by atoms with Gasteiger partial charge in [0.1, 0.15) is 12.3 Å². The van der Waals surface area contributed by atoms with Gasteiger partial charge in [-0.3, -0.25) is 9.59 Å². The van der Waals surface area contributed by atoms with Crippen molar-refractivity contribution >= 4 is 27.5 Å². The summed E-state index contributed by atoms with van der Waals surface area (Å²) in [6.45, 7) is -0.953. The number of amides is 2. The summed E-state index contributed by atoms with van der Waals surface area (Å²) < 4.78 is 70.2. The molecule has 0 bridgehead atoms. The molecule has 2 saturated heterocycles. The summed E-state index contributed by atoms with van der Waals surface area (Å²) in [4.78, 5) is 25.0. The first kappa shape index (κ1) is 23.3. The highest BCUT2D eigenvalue weighted by Gasteiger charge is 2.40. The molecule has 2 aliphatic rings. The van der Waals surface area contributed by atoms with Crippen LogP contribution >= 0.6 is 0 Å². The van der Waals surface area contributed by atoms with Gasteiger partial charge in [0.05, 0.1) is 23.6 Å². The maximum atomic E-state index is 12.9. The average molecular weight is 463 g/mol. The van der Waals surface area contributed by atoms with E-state index >= 15 is 0 Å². The largest absolute Gasteiger partial charge is 0.495 e. The summed E-state index contributed by atoms with van der Waals surface area (Å²) in [5, 5.41) is 2.52. The molecule has 1 aromatic carbocycles. The molecule has 0 aromatic heterocycles. The Morgan fingerprint density at radius 2 is 1.90 bits per heavy atom. The van der Waals surface area contributed by atoms with Crippen molar-refractivity contribution in [3.8, 4) is 5.75 Å². The number of piperidine rings is 1. The summed E-state index contributed by atoms with van der Waals surface area (Å²) in [5.41, 5.74) is 0.0762. The molecule has 8 nitrogen and oxygen atoms in total. The van der Waals surface area contributed by atoms with Gasteiger partial charge < -0.3 is 15.0 Å². The molecule has 31 heavy (non-hydrogen) atoms. The Morgan fingerprint density at radius 3 is 2.52 bits per heavy atom. The van der Waals surface area contributed by atoms with Gasteiger partial charge in [0.2, 0.25) is 21.8 Å². The molecule has 0 saturated carbocycles. The van der Waals surface area contributed by atoms with Crippen LogP contribution in [0.4, 0.5) is 18.9 Å². The number of alkyl halides is 3. The van der Waals surface area contributed by atoms with E-state index in [0.29, 0.717) is 18.0 Å². The number of hydrogen-bond donors (Lipinski definition) is 1. The summed E-state index contributed by atoms with van der Waals surface area (Å²) >= 11 is 0. The van der Waals surface area contributed by atoms with Crippen molar-refractivity contribution in [3.63, 3.8) is 0 Å². The number of nitrogens with zero attached hydrogens (tertiary/aromatic N) is 2. The average Bonchev–Trinajstić information content (AvgIpc) is 3.07. The number of methoxy groups -OCH3 is 1. The Kier molecular flexibility index (Phi) is 6.79. The lowest BCUT2D eigenvalue weighted by Gasteiger charge is -2.26. The first-order valence-electron chi connectivity index (χ1n) is 9.85. The van der Waals surface area contributed by atoms with E-state index < -0.39 is 40.5 Å². The van der Waals surface area contributed by atoms with E-state index in [-0.39, 0.29) is 29.3 Å². The highest BCUT2D eigenvalue weighted by Crippen LogP contribution is 2.31. The van der Waals surface area contributed by atoms with Gasteiger partial charge in [-0.05, 0) is 31.0 Å². The minimum absolute atomic E-state index is 0.0216. The third-order valence-electron chi connectivity index (χ3n) is 5.34. The predicted molar refractivity (Wildman–Crippen MR) is 105 cm³/mol. The number of sulfonamides is 1. The van der Waals surface area contributed by atoms with Crippen LogP contribution < -0.4 is 10.1 Å². The van der Waals surface area contributed by atoms with Crippen molar-refractivity contribution in [2.24, 2.45) is 5.92 Å². The molecule has 1 unspecified atom stereocenters. The highest BCUT2D eigenvalue weighted by molar-refractivity contribution is 7.89. The molecule has 12 heteroatoms. The molecule has 0 spiro atoms. The zero-order valence-corrected chi connectivity index (χ0v) is 17.8. The third kappa shape index (κ3) is 5.48. The number of ether oxygens (including phenoxy) is 1. The molecule has 172 valence electrons. The Morgan fingerprint density at radius 1 is 1.23 bits per heavy atom. The number of anilines is 1. The molecular formula is C19H24F3N3O5S. The lowest BCUT2D eigenvalue weighted by atomic mass is 10.1. The van der Waals surface area contributed by atoms with Gasteiger partial charge >= 0.3 is 6.18 Å². The van der Waals surface area contributed by atoms with E-state index in [4.69, 9.17) is 4.74 Å². The van der Waals surface area contributed by atoms with Crippen LogP contribution in [-0.4, -0.2) is 68.9 Å². The van der Waals surface area contributed by atoms with Crippen molar-refractivity contribution < 1.29 is 35.9 Å². The lowest BCUT2D eigenvalue weighted by Crippen LogP contribution is -2.36. The number of halogens is 3. The van der Waals surface area contributed by atoms with Gasteiger partial charge in [-0.1, -0.05) is 6.42 Å². The molecule has 3 rings (SSSR count). The molecule has 2 aliphatic heterocycles. The van der Waals surface area contributed by atoms with Crippen LogP contribution in [0.3, 0.4) is 0 Å². The van der Waals surface area contributed by atoms with E-state index in [1.54, 1.807) is 0 Å². The molecule has 2 amide bonds. The molecule has 0 radical (unpaired) electrons. The first-order valence-corrected chi connectivity index (χ1v) is 11.3. The lowest BCUT2D eigenvalue weighted by molar-refractivity contribution is -0.157. The zero-order valence-electron chi connectivity index (χ0n) is 16.9. The molecular weight excluding hydrogens is 439 g/mol. The Bertz CT molecular complexity index is 946. The number of rotatable bonds is 6. The van der Waals surface area contributed by atoms with E-state index in [2.05, 4.69) is 5.32 Å². The SMILES string of the molecule is COc1ccc(S(=O)(=O)N2CCCCC2)cc1NC(=O)C1CC(=O)N(CC(F)(F)F)C1. The molecule has 1 atom stereocenters. The fourth-order valence-corrected chi connectivity index (χ4v) is 5.30. The maximum Gasteiger partial charge on any atom is 0.406 e. The van der Waals surface area contributed by atoms with Gasteiger partial charge in [-0.25, -0.2) is 8.42 Å². The highest BCUT2D eigenvalue weighted by atomic mass is 32.2. The van der Waals surface area contributed by atoms with Gasteiger partial charge in [0.25, 0.3) is 0 Å². The fourth-order valence-electron chi connectivity index (χ4n) is 3.75. The Balaban J connectivity index is 1.77. The minimum atomic E-state index is -4.55. The van der Waals surface area contributed by atoms with Crippen molar-refractivity contribution in [2.75, 3.05) is 38.6 Å². The standard InChI is InChI=1S/C19H24F3N3O5S/c1-30-16-6-5-14(31(28,29)25-7-3-2-4-8-25)10-15(16)23-18(27)13-9-17(26)24(11-13)12-19(20,21)22/h5-6,10,13H,2-4,7-9,11-12H2,1H3,(H,23,27). The molecule has 2 heterocycles. The van der Waals surface area contributed by atoms with Gasteiger partial charge in [0.15, 0.2) is 0 Å². The molecule has 0 aliphatic carbocycles. The quantitative estimate of drug-likeness (QED) is 0.698. The van der Waals surface area contributed by atoms with Crippen LogP contribution in [0.1, 0.15) is 25.7 Å². The van der Waals surface area contributed by atoms with E-state index in [9.17, 15) is 31.2 Å². The molecule has 1 aromatic rings. The zero-order chi connectivity index (χ0) is 22.8. The number of carbonyl (C=O) groups is 2. The van der Waals surface area contributed by atoms with Crippen LogP contribution in [0, 0.1) is 5.92 Å². The second kappa shape index (κ2) is 9.03. The van der Waals surface area contributed by atoms with Crippen molar-refractivity contribution in [2.45, 2.75) is 36.8 Å². The fraction of sp³-hybridized carbons (Fsp3) is 0.579. The number of nitrogens with one attached hydrogen (secondary N) is 1. The number of carbonyl (C=O) groups excluding carboxylic acids is 2. The number of hydrogen-bond acceptors (Lipinski definition) is 5. The predicted octanol–water partition coefficient (Wildman–Crippen LogP) is 2.22. The first-order chi connectivity index (χ1) is 14.5. The van der Waals surface area contributed by atoms with E-state index in [1.165, 1.54) is 29.6 Å². The van der Waals surface area contributed by atoms with Gasteiger partial charge in [-0.15, -0.1) is 0 Å². The van der Waals surface area contributed by atoms with Crippen LogP contribution in [0.2, 0.25) is 0 Å². The molecule has 1 N–H and O–H groups in total. The smallest absolute Gasteiger partial charge is 0.406 e. The van der Waals surface area contributed by atoms with Crippen LogP contribution in [0.15, 0.2) is 23.1 Å².